The number of hydrogen-bond acceptors (Lipinski definition) is 4. The molecule has 0 bridgehead atoms. The highest BCUT2D eigenvalue weighted by Gasteiger charge is 2.43. The lowest BCUT2D eigenvalue weighted by Gasteiger charge is -2.34. The molecule has 0 saturated carbocycles. The second-order valence-corrected chi connectivity index (χ2v) is 8.82. The molecule has 24 heavy (non-hydrogen) atoms. The number of para-hydroxylation sites is 1. The summed E-state index contributed by atoms with van der Waals surface area (Å²) in [7, 11) is -3.09. The molecule has 2 amide bonds. The minimum absolute atomic E-state index is 0.0248. The molecule has 0 spiro atoms. The summed E-state index contributed by atoms with van der Waals surface area (Å²) in [4.78, 5) is 27.0. The summed E-state index contributed by atoms with van der Waals surface area (Å²) >= 11 is 0. The third-order valence-electron chi connectivity index (χ3n) is 4.38. The Kier molecular flexibility index (Phi) is 5.32. The van der Waals surface area contributed by atoms with Gasteiger partial charge in [0.1, 0.15) is 5.41 Å². The maximum Gasteiger partial charge on any atom is 0.239 e. The van der Waals surface area contributed by atoms with Crippen molar-refractivity contribution in [1.82, 2.24) is 4.90 Å². The van der Waals surface area contributed by atoms with E-state index in [-0.39, 0.29) is 23.5 Å². The van der Waals surface area contributed by atoms with Crippen LogP contribution in [0, 0.1) is 5.41 Å². The first-order valence-electron chi connectivity index (χ1n) is 8.05. The van der Waals surface area contributed by atoms with Crippen molar-refractivity contribution in [2.75, 3.05) is 23.4 Å². The summed E-state index contributed by atoms with van der Waals surface area (Å²) in [5.41, 5.74) is -0.659. The highest BCUT2D eigenvalue weighted by molar-refractivity contribution is 7.91. The summed E-state index contributed by atoms with van der Waals surface area (Å²) in [5.74, 6) is -0.681. The average molecular weight is 352 g/mol. The van der Waals surface area contributed by atoms with Crippen LogP contribution in [0.5, 0.6) is 0 Å². The van der Waals surface area contributed by atoms with Crippen LogP contribution in [-0.4, -0.2) is 49.2 Å². The number of rotatable bonds is 5. The van der Waals surface area contributed by atoms with Gasteiger partial charge in [-0.2, -0.15) is 0 Å². The fourth-order valence-corrected chi connectivity index (χ4v) is 4.58. The van der Waals surface area contributed by atoms with Gasteiger partial charge in [0.25, 0.3) is 0 Å². The molecule has 1 N–H and O–H groups in total. The summed E-state index contributed by atoms with van der Waals surface area (Å²) in [6, 6.07) is 8.58. The number of amides is 2. The Balaban J connectivity index is 2.14. The molecule has 7 heteroatoms. The molecule has 1 aliphatic heterocycles. The van der Waals surface area contributed by atoms with Crippen LogP contribution >= 0.6 is 0 Å². The Bertz CT molecular complexity index is 713. The lowest BCUT2D eigenvalue weighted by atomic mass is 9.89. The molecule has 1 atom stereocenters. The van der Waals surface area contributed by atoms with Crippen LogP contribution < -0.4 is 5.32 Å². The van der Waals surface area contributed by atoms with Crippen LogP contribution in [0.3, 0.4) is 0 Å². The molecule has 0 radical (unpaired) electrons. The van der Waals surface area contributed by atoms with E-state index in [4.69, 9.17) is 0 Å². The zero-order chi connectivity index (χ0) is 18.0. The second-order valence-electron chi connectivity index (χ2n) is 6.59. The van der Waals surface area contributed by atoms with E-state index in [1.807, 2.05) is 6.07 Å². The Morgan fingerprint density at radius 3 is 2.38 bits per heavy atom. The molecule has 1 fully saturated rings. The number of anilines is 1. The zero-order valence-corrected chi connectivity index (χ0v) is 15.1. The standard InChI is InChI=1S/C17H24N2O4S/c1-4-19(14-10-11-24(22,23)12-14)16(21)17(2,3)15(20)18-13-8-6-5-7-9-13/h5-9,14H,4,10-12H2,1-3H3,(H,18,20). The van der Waals surface area contributed by atoms with Gasteiger partial charge >= 0.3 is 0 Å². The van der Waals surface area contributed by atoms with Gasteiger partial charge in [-0.25, -0.2) is 8.42 Å². The molecule has 1 aliphatic rings. The van der Waals surface area contributed by atoms with Gasteiger partial charge in [-0.15, -0.1) is 0 Å². The van der Waals surface area contributed by atoms with Gasteiger partial charge < -0.3 is 10.2 Å². The van der Waals surface area contributed by atoms with Crippen LogP contribution in [0.1, 0.15) is 27.2 Å². The minimum Gasteiger partial charge on any atom is -0.338 e. The number of nitrogens with one attached hydrogen (secondary N) is 1. The van der Waals surface area contributed by atoms with Crippen LogP contribution in [0.15, 0.2) is 30.3 Å². The number of carbonyl (C=O) groups is 2. The van der Waals surface area contributed by atoms with Crippen molar-refractivity contribution in [3.05, 3.63) is 30.3 Å². The Labute approximate surface area is 143 Å². The largest absolute Gasteiger partial charge is 0.338 e. The quantitative estimate of drug-likeness (QED) is 0.818. The van der Waals surface area contributed by atoms with E-state index in [1.165, 1.54) is 4.90 Å². The van der Waals surface area contributed by atoms with E-state index in [9.17, 15) is 18.0 Å². The van der Waals surface area contributed by atoms with Crippen molar-refractivity contribution in [2.24, 2.45) is 5.41 Å². The molecule has 0 aliphatic carbocycles. The van der Waals surface area contributed by atoms with Crippen molar-refractivity contribution >= 4 is 27.3 Å². The molecule has 2 rings (SSSR count). The van der Waals surface area contributed by atoms with E-state index in [2.05, 4.69) is 5.32 Å². The molecule has 1 unspecified atom stereocenters. The van der Waals surface area contributed by atoms with Gasteiger partial charge in [-0.1, -0.05) is 18.2 Å². The van der Waals surface area contributed by atoms with E-state index in [0.29, 0.717) is 18.7 Å². The third-order valence-corrected chi connectivity index (χ3v) is 6.14. The predicted octanol–water partition coefficient (Wildman–Crippen LogP) is 1.69. The number of hydrogen-bond donors (Lipinski definition) is 1. The second kappa shape index (κ2) is 6.93. The summed E-state index contributed by atoms with van der Waals surface area (Å²) in [6.07, 6.45) is 0.429. The normalized spacial score (nSPS) is 19.7. The SMILES string of the molecule is CCN(C(=O)C(C)(C)C(=O)Nc1ccccc1)C1CCS(=O)(=O)C1. The Hall–Kier alpha value is -1.89. The lowest BCUT2D eigenvalue weighted by molar-refractivity contribution is -0.147. The van der Waals surface area contributed by atoms with E-state index in [1.54, 1.807) is 45.0 Å². The van der Waals surface area contributed by atoms with Crippen molar-refractivity contribution in [3.63, 3.8) is 0 Å². The van der Waals surface area contributed by atoms with Gasteiger partial charge in [0.2, 0.25) is 11.8 Å². The van der Waals surface area contributed by atoms with Crippen molar-refractivity contribution < 1.29 is 18.0 Å². The van der Waals surface area contributed by atoms with Gasteiger partial charge in [-0.05, 0) is 39.3 Å². The van der Waals surface area contributed by atoms with Crippen LogP contribution in [-0.2, 0) is 19.4 Å². The number of sulfone groups is 1. The molecule has 6 nitrogen and oxygen atoms in total. The van der Waals surface area contributed by atoms with Crippen molar-refractivity contribution in [3.8, 4) is 0 Å². The topological polar surface area (TPSA) is 83.6 Å². The maximum absolute atomic E-state index is 12.9. The molecule has 1 aromatic carbocycles. The molecular weight excluding hydrogens is 328 g/mol. The summed E-state index contributed by atoms with van der Waals surface area (Å²) in [5, 5.41) is 2.74. The molecule has 1 aromatic rings. The predicted molar refractivity (Wildman–Crippen MR) is 93.3 cm³/mol. The highest BCUT2D eigenvalue weighted by Crippen LogP contribution is 2.26. The average Bonchev–Trinajstić information content (AvgIpc) is 2.88. The van der Waals surface area contributed by atoms with Crippen LogP contribution in [0.4, 0.5) is 5.69 Å². The van der Waals surface area contributed by atoms with Crippen LogP contribution in [0.25, 0.3) is 0 Å². The molecule has 1 heterocycles. The van der Waals surface area contributed by atoms with Crippen LogP contribution in [0.2, 0.25) is 0 Å². The molecule has 1 saturated heterocycles. The smallest absolute Gasteiger partial charge is 0.239 e. The third kappa shape index (κ3) is 3.95. The summed E-state index contributed by atoms with van der Waals surface area (Å²) in [6.45, 7) is 5.31. The minimum atomic E-state index is -3.09. The van der Waals surface area contributed by atoms with E-state index in [0.717, 1.165) is 0 Å². The monoisotopic (exact) mass is 352 g/mol. The zero-order valence-electron chi connectivity index (χ0n) is 14.3. The molecular formula is C17H24N2O4S. The number of nitrogens with zero attached hydrogens (tertiary/aromatic N) is 1. The first-order chi connectivity index (χ1) is 11.2. The highest BCUT2D eigenvalue weighted by atomic mass is 32.2. The first-order valence-corrected chi connectivity index (χ1v) is 9.87. The molecule has 0 aromatic heterocycles. The fraction of sp³-hybridized carbons (Fsp3) is 0.529. The first kappa shape index (κ1) is 18.4. The Morgan fingerprint density at radius 2 is 1.88 bits per heavy atom. The van der Waals surface area contributed by atoms with E-state index >= 15 is 0 Å². The van der Waals surface area contributed by atoms with Gasteiger partial charge in [0.15, 0.2) is 9.84 Å². The van der Waals surface area contributed by atoms with Gasteiger partial charge in [-0.3, -0.25) is 9.59 Å². The Morgan fingerprint density at radius 1 is 1.25 bits per heavy atom. The van der Waals surface area contributed by atoms with Gasteiger partial charge in [0, 0.05) is 18.3 Å². The van der Waals surface area contributed by atoms with Crippen molar-refractivity contribution in [1.29, 1.82) is 0 Å². The number of carbonyl (C=O) groups excluding carboxylic acids is 2. The molecule has 132 valence electrons. The number of benzene rings is 1. The summed E-state index contributed by atoms with van der Waals surface area (Å²) < 4.78 is 23.4. The van der Waals surface area contributed by atoms with E-state index < -0.39 is 21.2 Å². The fourth-order valence-electron chi connectivity index (χ4n) is 2.85. The van der Waals surface area contributed by atoms with Gasteiger partial charge in [0.05, 0.1) is 11.5 Å². The lowest BCUT2D eigenvalue weighted by Crippen LogP contribution is -2.51. The maximum atomic E-state index is 12.9. The van der Waals surface area contributed by atoms with Crippen molar-refractivity contribution in [2.45, 2.75) is 33.2 Å².